The van der Waals surface area contributed by atoms with E-state index in [4.69, 9.17) is 5.11 Å². The van der Waals surface area contributed by atoms with Gasteiger partial charge in [-0.25, -0.2) is 4.79 Å². The molecule has 102 valence electrons. The Hall–Kier alpha value is -2.64. The normalized spacial score (nSPS) is 11.5. The van der Waals surface area contributed by atoms with E-state index in [1.165, 1.54) is 26.1 Å². The Kier molecular flexibility index (Phi) is 4.41. The van der Waals surface area contributed by atoms with Gasteiger partial charge >= 0.3 is 11.7 Å². The van der Waals surface area contributed by atoms with E-state index in [9.17, 15) is 19.7 Å². The number of carboxylic acids is 1. The monoisotopic (exact) mass is 267 g/mol. The zero-order valence-electron chi connectivity index (χ0n) is 10.3. The van der Waals surface area contributed by atoms with Crippen LogP contribution in [-0.4, -0.2) is 35.0 Å². The Morgan fingerprint density at radius 3 is 2.53 bits per heavy atom. The summed E-state index contributed by atoms with van der Waals surface area (Å²) in [5, 5.41) is 24.9. The number of hydrogen-bond acceptors (Lipinski definition) is 5. The van der Waals surface area contributed by atoms with E-state index in [1.54, 1.807) is 0 Å². The topological polar surface area (TPSA) is 122 Å². The second kappa shape index (κ2) is 5.80. The van der Waals surface area contributed by atoms with Crippen molar-refractivity contribution in [3.8, 4) is 0 Å². The third-order valence-corrected chi connectivity index (χ3v) is 2.46. The summed E-state index contributed by atoms with van der Waals surface area (Å²) >= 11 is 0. The molecule has 0 radical (unpaired) electrons. The number of carbonyl (C=O) groups excluding carboxylic acids is 1. The summed E-state index contributed by atoms with van der Waals surface area (Å²) in [4.78, 5) is 32.5. The van der Waals surface area contributed by atoms with Crippen molar-refractivity contribution in [3.05, 3.63) is 33.9 Å². The molecule has 0 heterocycles. The molecule has 8 heteroatoms. The molecule has 0 spiro atoms. The van der Waals surface area contributed by atoms with Crippen LogP contribution in [0.3, 0.4) is 0 Å². The molecule has 0 bridgehead atoms. The average Bonchev–Trinajstić information content (AvgIpc) is 2.36. The first-order chi connectivity index (χ1) is 8.88. The van der Waals surface area contributed by atoms with Crippen molar-refractivity contribution in [2.45, 2.75) is 13.0 Å². The summed E-state index contributed by atoms with van der Waals surface area (Å²) in [6.07, 6.45) is 0. The quantitative estimate of drug-likeness (QED) is 0.536. The van der Waals surface area contributed by atoms with E-state index >= 15 is 0 Å². The number of nitrogens with zero attached hydrogens (tertiary/aromatic N) is 1. The van der Waals surface area contributed by atoms with Crippen LogP contribution < -0.4 is 10.6 Å². The summed E-state index contributed by atoms with van der Waals surface area (Å²) in [5.74, 6) is -1.77. The van der Waals surface area contributed by atoms with Gasteiger partial charge in [0.15, 0.2) is 0 Å². The molecule has 19 heavy (non-hydrogen) atoms. The summed E-state index contributed by atoms with van der Waals surface area (Å²) in [6.45, 7) is 1.51. The fraction of sp³-hybridized carbons (Fsp3) is 0.273. The van der Waals surface area contributed by atoms with Gasteiger partial charge in [0.1, 0.15) is 17.3 Å². The predicted molar refractivity (Wildman–Crippen MR) is 67.2 cm³/mol. The van der Waals surface area contributed by atoms with Crippen LogP contribution >= 0.6 is 0 Å². The van der Waals surface area contributed by atoms with Crippen LogP contribution in [-0.2, 0) is 4.79 Å². The SMILES string of the molecule is CNC(=O)C(C)Nc1cccc(C(=O)O)c1[N+](=O)[O-]. The van der Waals surface area contributed by atoms with Crippen molar-refractivity contribution in [1.29, 1.82) is 0 Å². The van der Waals surface area contributed by atoms with Crippen LogP contribution in [0.15, 0.2) is 18.2 Å². The number of likely N-dealkylation sites (N-methyl/N-ethyl adjacent to an activating group) is 1. The molecule has 0 fully saturated rings. The lowest BCUT2D eigenvalue weighted by atomic mass is 10.1. The van der Waals surface area contributed by atoms with Gasteiger partial charge in [0.05, 0.1) is 4.92 Å². The average molecular weight is 267 g/mol. The van der Waals surface area contributed by atoms with Crippen LogP contribution in [0, 0.1) is 10.1 Å². The van der Waals surface area contributed by atoms with E-state index in [1.807, 2.05) is 0 Å². The first kappa shape index (κ1) is 14.4. The minimum absolute atomic E-state index is 0.0130. The van der Waals surface area contributed by atoms with Crippen molar-refractivity contribution in [3.63, 3.8) is 0 Å². The number of anilines is 1. The molecule has 0 saturated heterocycles. The van der Waals surface area contributed by atoms with Crippen molar-refractivity contribution >= 4 is 23.3 Å². The Morgan fingerprint density at radius 2 is 2.05 bits per heavy atom. The fourth-order valence-corrected chi connectivity index (χ4v) is 1.54. The number of nitrogens with one attached hydrogen (secondary N) is 2. The molecule has 8 nitrogen and oxygen atoms in total. The number of rotatable bonds is 5. The zero-order chi connectivity index (χ0) is 14.6. The fourth-order valence-electron chi connectivity index (χ4n) is 1.54. The summed E-state index contributed by atoms with van der Waals surface area (Å²) in [6, 6.07) is 3.13. The van der Waals surface area contributed by atoms with E-state index in [0.717, 1.165) is 6.07 Å². The molecule has 1 aromatic rings. The number of benzene rings is 1. The molecule has 1 rings (SSSR count). The van der Waals surface area contributed by atoms with Gasteiger partial charge in [-0.15, -0.1) is 0 Å². The molecule has 3 N–H and O–H groups in total. The number of hydrogen-bond donors (Lipinski definition) is 3. The van der Waals surface area contributed by atoms with E-state index < -0.39 is 28.2 Å². The van der Waals surface area contributed by atoms with Crippen molar-refractivity contribution < 1.29 is 19.6 Å². The highest BCUT2D eigenvalue weighted by Gasteiger charge is 2.25. The van der Waals surface area contributed by atoms with Crippen molar-refractivity contribution in [2.24, 2.45) is 0 Å². The maximum atomic E-state index is 11.4. The Bertz CT molecular complexity index is 529. The smallest absolute Gasteiger partial charge is 0.342 e. The third-order valence-electron chi connectivity index (χ3n) is 2.46. The van der Waals surface area contributed by atoms with E-state index in [0.29, 0.717) is 0 Å². The van der Waals surface area contributed by atoms with Crippen LogP contribution in [0.4, 0.5) is 11.4 Å². The van der Waals surface area contributed by atoms with Gasteiger partial charge in [0, 0.05) is 7.05 Å². The summed E-state index contributed by atoms with van der Waals surface area (Å²) in [7, 11) is 1.43. The second-order valence-corrected chi connectivity index (χ2v) is 3.74. The maximum Gasteiger partial charge on any atom is 0.342 e. The lowest BCUT2D eigenvalue weighted by Crippen LogP contribution is -2.35. The molecule has 1 atom stereocenters. The first-order valence-corrected chi connectivity index (χ1v) is 5.37. The first-order valence-electron chi connectivity index (χ1n) is 5.37. The van der Waals surface area contributed by atoms with Gasteiger partial charge in [-0.1, -0.05) is 6.07 Å². The molecule has 0 aliphatic carbocycles. The molecule has 0 saturated carbocycles. The lowest BCUT2D eigenvalue weighted by molar-refractivity contribution is -0.384. The number of amides is 1. The highest BCUT2D eigenvalue weighted by molar-refractivity contribution is 5.96. The maximum absolute atomic E-state index is 11.4. The van der Waals surface area contributed by atoms with E-state index in [-0.39, 0.29) is 11.6 Å². The number of nitro benzene ring substituents is 1. The second-order valence-electron chi connectivity index (χ2n) is 3.74. The Balaban J connectivity index is 3.21. The predicted octanol–water partition coefficient (Wildman–Crippen LogP) is 0.839. The lowest BCUT2D eigenvalue weighted by Gasteiger charge is -2.14. The van der Waals surface area contributed by atoms with Gasteiger partial charge in [-0.2, -0.15) is 0 Å². The number of para-hydroxylation sites is 1. The largest absolute Gasteiger partial charge is 0.477 e. The van der Waals surface area contributed by atoms with Crippen LogP contribution in [0.5, 0.6) is 0 Å². The van der Waals surface area contributed by atoms with Crippen LogP contribution in [0.25, 0.3) is 0 Å². The van der Waals surface area contributed by atoms with Crippen LogP contribution in [0.2, 0.25) is 0 Å². The van der Waals surface area contributed by atoms with Gasteiger partial charge in [0.2, 0.25) is 5.91 Å². The molecule has 0 aliphatic heterocycles. The zero-order valence-corrected chi connectivity index (χ0v) is 10.3. The number of nitro groups is 1. The number of aromatic carboxylic acids is 1. The van der Waals surface area contributed by atoms with Gasteiger partial charge in [-0.3, -0.25) is 14.9 Å². The van der Waals surface area contributed by atoms with Gasteiger partial charge in [-0.05, 0) is 19.1 Å². The van der Waals surface area contributed by atoms with Crippen molar-refractivity contribution in [2.75, 3.05) is 12.4 Å². The standard InChI is InChI=1S/C11H13N3O5/c1-6(10(15)12-2)13-8-5-3-4-7(11(16)17)9(8)14(18)19/h3-6,13H,1-2H3,(H,12,15)(H,16,17). The number of carbonyl (C=O) groups is 2. The van der Waals surface area contributed by atoms with Gasteiger partial charge < -0.3 is 15.7 Å². The minimum Gasteiger partial charge on any atom is -0.477 e. The third kappa shape index (κ3) is 3.18. The Morgan fingerprint density at radius 1 is 1.42 bits per heavy atom. The van der Waals surface area contributed by atoms with E-state index in [2.05, 4.69) is 10.6 Å². The van der Waals surface area contributed by atoms with Gasteiger partial charge in [0.25, 0.3) is 0 Å². The Labute approximate surface area is 108 Å². The molecular formula is C11H13N3O5. The molecule has 1 unspecified atom stereocenters. The molecule has 0 aromatic heterocycles. The molecule has 1 aromatic carbocycles. The number of carboxylic acid groups (broad SMARTS) is 1. The van der Waals surface area contributed by atoms with Crippen molar-refractivity contribution in [1.82, 2.24) is 5.32 Å². The molecule has 1 amide bonds. The molecule has 0 aliphatic rings. The minimum atomic E-state index is -1.40. The molecular weight excluding hydrogens is 254 g/mol. The summed E-state index contributed by atoms with van der Waals surface area (Å²) in [5.41, 5.74) is -1.01. The summed E-state index contributed by atoms with van der Waals surface area (Å²) < 4.78 is 0. The highest BCUT2D eigenvalue weighted by atomic mass is 16.6. The highest BCUT2D eigenvalue weighted by Crippen LogP contribution is 2.29. The van der Waals surface area contributed by atoms with Crippen LogP contribution in [0.1, 0.15) is 17.3 Å².